The minimum Gasteiger partial charge on any atom is -0.463 e. The Bertz CT molecular complexity index is 493. The number of hydrogen-bond donors (Lipinski definition) is 0. The summed E-state index contributed by atoms with van der Waals surface area (Å²) in [6.07, 6.45) is 2.36. The normalized spacial score (nSPS) is 13.6. The van der Waals surface area contributed by atoms with Crippen molar-refractivity contribution < 1.29 is 21.9 Å². The molecule has 5 nitrogen and oxygen atoms in total. The van der Waals surface area contributed by atoms with Crippen molar-refractivity contribution >= 4 is 39.7 Å². The van der Waals surface area contributed by atoms with Crippen LogP contribution in [-0.2, 0) is 21.9 Å². The molecule has 0 aliphatic heterocycles. The molecule has 0 bridgehead atoms. The van der Waals surface area contributed by atoms with E-state index < -0.39 is 33.8 Å². The molecule has 0 aromatic heterocycles. The average Bonchev–Trinajstić information content (AvgIpc) is 2.87. The lowest BCUT2D eigenvalue weighted by Crippen LogP contribution is -2.63. The Balaban J connectivity index is 6.83. The Hall–Kier alpha value is -0.0425. The van der Waals surface area contributed by atoms with Gasteiger partial charge in [0.2, 0.25) is 0 Å². The molecule has 0 aliphatic rings. The molecule has 196 valence electrons. The highest BCUT2D eigenvalue weighted by atomic mass is 28.5. The third-order valence-electron chi connectivity index (χ3n) is 7.75. The molecule has 0 saturated heterocycles. The number of rotatable bonds is 19. The second-order valence-corrected chi connectivity index (χ2v) is 26.6. The van der Waals surface area contributed by atoms with Gasteiger partial charge in [-0.2, -0.15) is 0 Å². The summed E-state index contributed by atoms with van der Waals surface area (Å²) < 4.78 is 27.2. The molecule has 0 N–H and O–H groups in total. The predicted octanol–water partition coefficient (Wildman–Crippen LogP) is 8.04. The van der Waals surface area contributed by atoms with Crippen LogP contribution in [0.3, 0.4) is 0 Å². The van der Waals surface area contributed by atoms with Crippen molar-refractivity contribution in [1.29, 1.82) is 0 Å². The first kappa shape index (κ1) is 33.0. The number of ether oxygens (including phenoxy) is 1. The van der Waals surface area contributed by atoms with Gasteiger partial charge >= 0.3 is 14.8 Å². The van der Waals surface area contributed by atoms with E-state index in [1.165, 1.54) is 0 Å². The first-order valence-electron chi connectivity index (χ1n) is 13.6. The van der Waals surface area contributed by atoms with E-state index >= 15 is 0 Å². The zero-order valence-corrected chi connectivity index (χ0v) is 27.5. The molecule has 0 radical (unpaired) electrons. The number of esters is 1. The third kappa shape index (κ3) is 9.50. The topological polar surface area (TPSA) is 54.0 Å². The number of hydrogen-bond acceptors (Lipinski definition) is 5. The van der Waals surface area contributed by atoms with E-state index in [2.05, 4.69) is 62.3 Å². The highest BCUT2D eigenvalue weighted by molar-refractivity contribution is 6.94. The van der Waals surface area contributed by atoms with Gasteiger partial charge in [0.15, 0.2) is 25.0 Å². The van der Waals surface area contributed by atoms with E-state index in [1.54, 1.807) is 6.08 Å². The molecule has 9 heteroatoms. The lowest BCUT2D eigenvalue weighted by Gasteiger charge is -2.47. The van der Waals surface area contributed by atoms with E-state index in [9.17, 15) is 4.79 Å². The van der Waals surface area contributed by atoms with Crippen LogP contribution < -0.4 is 0 Å². The lowest BCUT2D eigenvalue weighted by atomic mass is 10.5. The van der Waals surface area contributed by atoms with Gasteiger partial charge in [0.05, 0.1) is 6.61 Å². The van der Waals surface area contributed by atoms with Crippen LogP contribution in [0, 0.1) is 0 Å². The molecule has 0 rings (SSSR count). The molecule has 0 atom stereocenters. The summed E-state index contributed by atoms with van der Waals surface area (Å²) in [5, 5.41) is 0. The Morgan fingerprint density at radius 1 is 0.576 bits per heavy atom. The highest BCUT2D eigenvalue weighted by Crippen LogP contribution is 2.37. The highest BCUT2D eigenvalue weighted by Gasteiger charge is 2.54. The fourth-order valence-electron chi connectivity index (χ4n) is 4.39. The molecular weight excluding hydrogens is 481 g/mol. The molecule has 0 saturated carbocycles. The summed E-state index contributed by atoms with van der Waals surface area (Å²) in [4.78, 5) is 12.6. The zero-order valence-electron chi connectivity index (χ0n) is 23.5. The second kappa shape index (κ2) is 15.9. The quantitative estimate of drug-likeness (QED) is 0.0953. The van der Waals surface area contributed by atoms with Crippen molar-refractivity contribution in [2.75, 3.05) is 6.61 Å². The first-order valence-corrected chi connectivity index (χ1v) is 23.0. The van der Waals surface area contributed by atoms with Gasteiger partial charge in [-0.1, -0.05) is 69.2 Å². The number of carbonyl (C=O) groups excluding carboxylic acids is 1. The van der Waals surface area contributed by atoms with Crippen LogP contribution in [0.4, 0.5) is 0 Å². The van der Waals surface area contributed by atoms with Gasteiger partial charge in [-0.3, -0.25) is 0 Å². The van der Waals surface area contributed by atoms with Crippen LogP contribution in [0.25, 0.3) is 0 Å². The Morgan fingerprint density at radius 3 is 1.12 bits per heavy atom. The third-order valence-corrected chi connectivity index (χ3v) is 28.5. The van der Waals surface area contributed by atoms with Gasteiger partial charge in [0.25, 0.3) is 0 Å². The van der Waals surface area contributed by atoms with Crippen LogP contribution in [0.15, 0.2) is 11.8 Å². The van der Waals surface area contributed by atoms with Crippen molar-refractivity contribution in [2.24, 2.45) is 0 Å². The summed E-state index contributed by atoms with van der Waals surface area (Å²) >= 11 is 0. The van der Waals surface area contributed by atoms with Gasteiger partial charge in [-0.25, -0.2) is 4.79 Å². The van der Waals surface area contributed by atoms with Crippen molar-refractivity contribution in [3.63, 3.8) is 0 Å². The van der Waals surface area contributed by atoms with Crippen molar-refractivity contribution in [3.8, 4) is 0 Å². The fourth-order valence-corrected chi connectivity index (χ4v) is 24.1. The Kier molecular flexibility index (Phi) is 15.8. The summed E-state index contributed by atoms with van der Waals surface area (Å²) in [6.45, 7) is 22.6. The SMILES string of the molecule is CCCOC(=O)C=C[Si](O[Si](CC)(CC)CC)(O[Si](CC)(CC)CC)O[Si](CC)(CC)CC. The van der Waals surface area contributed by atoms with Crippen LogP contribution >= 0.6 is 0 Å². The minimum atomic E-state index is -3.29. The van der Waals surface area contributed by atoms with Gasteiger partial charge in [0, 0.05) is 6.08 Å². The molecular formula is C24H54O5Si4. The van der Waals surface area contributed by atoms with Crippen LogP contribution in [0.5, 0.6) is 0 Å². The van der Waals surface area contributed by atoms with E-state index in [0.717, 1.165) is 60.8 Å². The van der Waals surface area contributed by atoms with Crippen LogP contribution in [0.2, 0.25) is 54.4 Å². The maximum atomic E-state index is 12.6. The van der Waals surface area contributed by atoms with Gasteiger partial charge in [0.1, 0.15) is 0 Å². The Labute approximate surface area is 209 Å². The lowest BCUT2D eigenvalue weighted by molar-refractivity contribution is -0.137. The monoisotopic (exact) mass is 534 g/mol. The largest absolute Gasteiger partial charge is 0.498 e. The van der Waals surface area contributed by atoms with Gasteiger partial charge in [-0.05, 0) is 66.5 Å². The summed E-state index contributed by atoms with van der Waals surface area (Å²) in [6, 6.07) is 9.19. The summed E-state index contributed by atoms with van der Waals surface area (Å²) in [7, 11) is -9.51. The van der Waals surface area contributed by atoms with Crippen LogP contribution in [-0.4, -0.2) is 46.3 Å². The van der Waals surface area contributed by atoms with Crippen LogP contribution in [0.1, 0.15) is 75.7 Å². The summed E-state index contributed by atoms with van der Waals surface area (Å²) in [5.74, 6) is -0.324. The fraction of sp³-hybridized carbons (Fsp3) is 0.875. The van der Waals surface area contributed by atoms with E-state index in [4.69, 9.17) is 17.1 Å². The van der Waals surface area contributed by atoms with Gasteiger partial charge < -0.3 is 17.1 Å². The van der Waals surface area contributed by atoms with E-state index in [-0.39, 0.29) is 5.97 Å². The van der Waals surface area contributed by atoms with E-state index in [1.807, 2.05) is 12.6 Å². The Morgan fingerprint density at radius 2 is 0.879 bits per heavy atom. The number of carbonyl (C=O) groups is 1. The molecule has 0 fully saturated rings. The standard InChI is InChI=1S/C24H54O5Si4/c1-11-22-26-24(25)21-23-33(27-30(12-2,13-3)14-4,28-31(15-5,16-6)17-7)29-32(18-8,19-9)20-10/h21,23H,11-20,22H2,1-10H3. The second-order valence-electron chi connectivity index (χ2n) is 9.14. The molecule has 0 amide bonds. The van der Waals surface area contributed by atoms with E-state index in [0.29, 0.717) is 6.61 Å². The van der Waals surface area contributed by atoms with Crippen molar-refractivity contribution in [1.82, 2.24) is 0 Å². The molecule has 0 aliphatic carbocycles. The molecule has 0 spiro atoms. The molecule has 0 heterocycles. The maximum Gasteiger partial charge on any atom is 0.498 e. The zero-order chi connectivity index (χ0) is 25.6. The molecule has 0 aromatic carbocycles. The minimum absolute atomic E-state index is 0.324. The molecule has 0 unspecified atom stereocenters. The van der Waals surface area contributed by atoms with Gasteiger partial charge in [-0.15, -0.1) is 0 Å². The maximum absolute atomic E-state index is 12.6. The average molecular weight is 535 g/mol. The molecule has 0 aromatic rings. The van der Waals surface area contributed by atoms with Crippen molar-refractivity contribution in [2.45, 2.75) is 130 Å². The predicted molar refractivity (Wildman–Crippen MR) is 151 cm³/mol. The smallest absolute Gasteiger partial charge is 0.463 e. The summed E-state index contributed by atoms with van der Waals surface area (Å²) in [5.41, 5.74) is 1.92. The molecule has 33 heavy (non-hydrogen) atoms. The first-order chi connectivity index (χ1) is 15.6. The van der Waals surface area contributed by atoms with Crippen molar-refractivity contribution in [3.05, 3.63) is 11.8 Å².